The van der Waals surface area contributed by atoms with Crippen LogP contribution in [0, 0.1) is 5.41 Å². The monoisotopic (exact) mass is 403 g/mol. The van der Waals surface area contributed by atoms with Crippen molar-refractivity contribution in [1.29, 1.82) is 5.41 Å². The standard InChI is InChI=1S/C26H21N5/c27-26(30-31-28)23-6-3-4-21(18-23)13-12-19-8-10-20(11-9-19)14-16-24-17-15-22-5-1-2-7-25(22)29-24/h1-18H,(H3,27,28,30)/b13-12+,16-14+. The minimum Gasteiger partial charge on any atom is -0.305 e. The molecule has 4 aromatic rings. The molecule has 150 valence electrons. The van der Waals surface area contributed by atoms with Gasteiger partial charge in [0.05, 0.1) is 11.2 Å². The normalized spacial score (nSPS) is 11.7. The molecule has 0 unspecified atom stereocenters. The molecule has 1 aromatic heterocycles. The van der Waals surface area contributed by atoms with Gasteiger partial charge >= 0.3 is 0 Å². The minimum absolute atomic E-state index is 0.0368. The van der Waals surface area contributed by atoms with Crippen molar-refractivity contribution in [3.05, 3.63) is 113 Å². The first-order valence-electron chi connectivity index (χ1n) is 9.83. The van der Waals surface area contributed by atoms with Crippen LogP contribution in [-0.4, -0.2) is 10.8 Å². The molecule has 5 nitrogen and oxygen atoms in total. The zero-order chi connectivity index (χ0) is 21.5. The van der Waals surface area contributed by atoms with E-state index in [9.17, 15) is 0 Å². The zero-order valence-electron chi connectivity index (χ0n) is 16.8. The summed E-state index contributed by atoms with van der Waals surface area (Å²) < 4.78 is 0. The molecular formula is C26H21N5. The summed E-state index contributed by atoms with van der Waals surface area (Å²) in [5.41, 5.74) is 5.76. The molecule has 31 heavy (non-hydrogen) atoms. The predicted octanol–water partition coefficient (Wildman–Crippen LogP) is 6.23. The number of pyridine rings is 1. The van der Waals surface area contributed by atoms with Crippen LogP contribution >= 0.6 is 0 Å². The Morgan fingerprint density at radius 1 is 0.742 bits per heavy atom. The Hall–Kier alpha value is -4.38. The third-order valence-electron chi connectivity index (χ3n) is 4.79. The van der Waals surface area contributed by atoms with Crippen LogP contribution in [0.1, 0.15) is 27.9 Å². The van der Waals surface area contributed by atoms with Gasteiger partial charge < -0.3 is 5.84 Å². The van der Waals surface area contributed by atoms with Crippen molar-refractivity contribution < 1.29 is 0 Å². The van der Waals surface area contributed by atoms with Crippen LogP contribution in [-0.2, 0) is 0 Å². The first-order valence-corrected chi connectivity index (χ1v) is 9.83. The van der Waals surface area contributed by atoms with Crippen molar-refractivity contribution in [2.75, 3.05) is 0 Å². The zero-order valence-corrected chi connectivity index (χ0v) is 16.8. The number of para-hydroxylation sites is 1. The van der Waals surface area contributed by atoms with Gasteiger partial charge in [0.1, 0.15) is 0 Å². The van der Waals surface area contributed by atoms with Gasteiger partial charge in [-0.25, -0.2) is 4.98 Å². The van der Waals surface area contributed by atoms with Crippen LogP contribution in [0.5, 0.6) is 0 Å². The molecule has 1 heterocycles. The minimum atomic E-state index is 0.0368. The van der Waals surface area contributed by atoms with Crippen molar-refractivity contribution in [3.63, 3.8) is 0 Å². The topological polar surface area (TPSA) is 87.5 Å². The largest absolute Gasteiger partial charge is 0.305 e. The quantitative estimate of drug-likeness (QED) is 0.103. The number of nitrogens with two attached hydrogens (primary N) is 1. The maximum Gasteiger partial charge on any atom is 0.176 e. The highest BCUT2D eigenvalue weighted by Crippen LogP contribution is 2.16. The van der Waals surface area contributed by atoms with Crippen LogP contribution < -0.4 is 5.84 Å². The van der Waals surface area contributed by atoms with Gasteiger partial charge in [0, 0.05) is 10.9 Å². The predicted molar refractivity (Wildman–Crippen MR) is 128 cm³/mol. The lowest BCUT2D eigenvalue weighted by molar-refractivity contribution is 1.07. The molecule has 0 atom stereocenters. The Kier molecular flexibility index (Phi) is 6.05. The van der Waals surface area contributed by atoms with E-state index in [0.29, 0.717) is 5.56 Å². The fourth-order valence-corrected chi connectivity index (χ4v) is 3.17. The molecule has 5 heteroatoms. The van der Waals surface area contributed by atoms with Gasteiger partial charge in [0.25, 0.3) is 0 Å². The summed E-state index contributed by atoms with van der Waals surface area (Å²) >= 11 is 0. The summed E-state index contributed by atoms with van der Waals surface area (Å²) in [6, 6.07) is 28.0. The molecule has 0 bridgehead atoms. The summed E-state index contributed by atoms with van der Waals surface area (Å²) in [4.78, 5) is 4.67. The first kappa shape index (κ1) is 19.9. The van der Waals surface area contributed by atoms with Gasteiger partial charge in [0.2, 0.25) is 0 Å². The van der Waals surface area contributed by atoms with E-state index in [2.05, 4.69) is 57.8 Å². The lowest BCUT2D eigenvalue weighted by Gasteiger charge is -2.00. The summed E-state index contributed by atoms with van der Waals surface area (Å²) in [7, 11) is 0. The highest BCUT2D eigenvalue weighted by Gasteiger charge is 2.00. The lowest BCUT2D eigenvalue weighted by atomic mass is 10.1. The number of hydrogen-bond acceptors (Lipinski definition) is 3. The van der Waals surface area contributed by atoms with E-state index in [4.69, 9.17) is 11.3 Å². The van der Waals surface area contributed by atoms with Crippen LogP contribution in [0.4, 0.5) is 0 Å². The van der Waals surface area contributed by atoms with E-state index in [1.54, 1.807) is 6.07 Å². The second kappa shape index (κ2) is 9.41. The van der Waals surface area contributed by atoms with Crippen molar-refractivity contribution in [1.82, 2.24) is 4.98 Å². The molecule has 0 aliphatic carbocycles. The third-order valence-corrected chi connectivity index (χ3v) is 4.79. The van der Waals surface area contributed by atoms with Gasteiger partial charge in [0.15, 0.2) is 5.84 Å². The van der Waals surface area contributed by atoms with Gasteiger partial charge in [-0.05, 0) is 41.0 Å². The molecule has 0 aliphatic heterocycles. The number of hydrogen-bond donors (Lipinski definition) is 2. The highest BCUT2D eigenvalue weighted by atomic mass is 15.3. The molecule has 4 rings (SSSR count). The summed E-state index contributed by atoms with van der Waals surface area (Å²) in [6.07, 6.45) is 8.12. The number of rotatable bonds is 5. The van der Waals surface area contributed by atoms with Gasteiger partial charge in [-0.1, -0.05) is 90.2 Å². The van der Waals surface area contributed by atoms with Crippen molar-refractivity contribution >= 4 is 41.0 Å². The summed E-state index contributed by atoms with van der Waals surface area (Å²) in [5.74, 6) is 5.06. The number of aromatic nitrogens is 1. The Balaban J connectivity index is 1.45. The Morgan fingerprint density at radius 3 is 2.23 bits per heavy atom. The second-order valence-electron chi connectivity index (χ2n) is 6.95. The molecule has 0 spiro atoms. The number of amidine groups is 1. The van der Waals surface area contributed by atoms with Crippen molar-refractivity contribution in [2.24, 2.45) is 16.2 Å². The first-order chi connectivity index (χ1) is 15.2. The van der Waals surface area contributed by atoms with E-state index in [0.717, 1.165) is 33.3 Å². The smallest absolute Gasteiger partial charge is 0.176 e. The molecule has 0 radical (unpaired) electrons. The van der Waals surface area contributed by atoms with Gasteiger partial charge in [-0.3, -0.25) is 5.41 Å². The maximum absolute atomic E-state index is 7.81. The number of nitrogens with one attached hydrogen (secondary N) is 1. The molecule has 0 fully saturated rings. The average molecular weight is 403 g/mol. The third kappa shape index (κ3) is 5.16. The van der Waals surface area contributed by atoms with Gasteiger partial charge in [-0.15, -0.1) is 5.11 Å². The molecule has 0 saturated carbocycles. The molecular weight excluding hydrogens is 382 g/mol. The number of fused-ring (bicyclic) bond motifs is 1. The SMILES string of the molecule is N=C(N=NN)c1cccc(/C=C/c2ccc(/C=C/c3ccc4ccccc4n3)cc2)c1. The summed E-state index contributed by atoms with van der Waals surface area (Å²) in [6.45, 7) is 0. The Bertz CT molecular complexity index is 1300. The van der Waals surface area contributed by atoms with Gasteiger partial charge in [-0.2, -0.15) is 0 Å². The van der Waals surface area contributed by atoms with Crippen molar-refractivity contribution in [3.8, 4) is 0 Å². The Labute approximate surface area is 180 Å². The number of nitrogens with zero attached hydrogens (tertiary/aromatic N) is 3. The Morgan fingerprint density at radius 2 is 1.45 bits per heavy atom. The molecule has 3 N–H and O–H groups in total. The van der Waals surface area contributed by atoms with E-state index >= 15 is 0 Å². The van der Waals surface area contributed by atoms with Crippen LogP contribution in [0.15, 0.2) is 95.3 Å². The molecule has 0 aliphatic rings. The number of benzene rings is 3. The van der Waals surface area contributed by atoms with Crippen molar-refractivity contribution in [2.45, 2.75) is 0 Å². The molecule has 3 aromatic carbocycles. The lowest BCUT2D eigenvalue weighted by Crippen LogP contribution is -1.95. The highest BCUT2D eigenvalue weighted by molar-refractivity contribution is 5.97. The molecule has 0 saturated heterocycles. The average Bonchev–Trinajstić information content (AvgIpc) is 2.82. The van der Waals surface area contributed by atoms with E-state index in [-0.39, 0.29) is 5.84 Å². The fraction of sp³-hybridized carbons (Fsp3) is 0. The fourth-order valence-electron chi connectivity index (χ4n) is 3.17. The second-order valence-corrected chi connectivity index (χ2v) is 6.95. The maximum atomic E-state index is 7.81. The van der Waals surface area contributed by atoms with E-state index in [1.165, 1.54) is 0 Å². The van der Waals surface area contributed by atoms with Crippen LogP contribution in [0.3, 0.4) is 0 Å². The molecule has 0 amide bonds. The van der Waals surface area contributed by atoms with Crippen LogP contribution in [0.25, 0.3) is 35.2 Å². The summed E-state index contributed by atoms with van der Waals surface area (Å²) in [5, 5.41) is 15.7. The van der Waals surface area contributed by atoms with Crippen LogP contribution in [0.2, 0.25) is 0 Å². The van der Waals surface area contributed by atoms with E-state index < -0.39 is 0 Å². The van der Waals surface area contributed by atoms with E-state index in [1.807, 2.05) is 60.7 Å².